The number of hydrogen-bond donors (Lipinski definition) is 1. The highest BCUT2D eigenvalue weighted by molar-refractivity contribution is 6.07. The Morgan fingerprint density at radius 3 is 2.65 bits per heavy atom. The molecule has 2 aromatic carbocycles. The summed E-state index contributed by atoms with van der Waals surface area (Å²) in [6.07, 6.45) is 3.93. The third-order valence-corrected chi connectivity index (χ3v) is 7.07. The minimum Gasteiger partial charge on any atom is -0.489 e. The largest absolute Gasteiger partial charge is 0.489 e. The first kappa shape index (κ1) is 23.5. The molecule has 3 aromatic rings. The molecule has 37 heavy (non-hydrogen) atoms. The van der Waals surface area contributed by atoms with E-state index in [4.69, 9.17) is 14.5 Å². The summed E-state index contributed by atoms with van der Waals surface area (Å²) in [5.41, 5.74) is 5.38. The Labute approximate surface area is 214 Å². The number of nitriles is 1. The van der Waals surface area contributed by atoms with E-state index in [2.05, 4.69) is 21.4 Å². The molecule has 0 bridgehead atoms. The van der Waals surface area contributed by atoms with Gasteiger partial charge in [0.2, 0.25) is 0 Å². The van der Waals surface area contributed by atoms with Gasteiger partial charge in [-0.15, -0.1) is 0 Å². The van der Waals surface area contributed by atoms with Crippen LogP contribution in [-0.2, 0) is 11.2 Å². The molecule has 1 N–H and O–H groups in total. The van der Waals surface area contributed by atoms with Crippen molar-refractivity contribution in [1.82, 2.24) is 15.3 Å². The molecule has 0 aliphatic carbocycles. The van der Waals surface area contributed by atoms with Crippen molar-refractivity contribution in [2.24, 2.45) is 4.99 Å². The fourth-order valence-electron chi connectivity index (χ4n) is 5.08. The van der Waals surface area contributed by atoms with E-state index in [9.17, 15) is 5.26 Å². The van der Waals surface area contributed by atoms with E-state index in [0.717, 1.165) is 48.5 Å². The van der Waals surface area contributed by atoms with Gasteiger partial charge < -0.3 is 19.7 Å². The number of aromatic nitrogens is 2. The minimum atomic E-state index is -0.271. The molecule has 0 spiro atoms. The fraction of sp³-hybridized carbons (Fsp3) is 0.357. The van der Waals surface area contributed by atoms with Crippen molar-refractivity contribution in [1.29, 1.82) is 5.26 Å². The summed E-state index contributed by atoms with van der Waals surface area (Å²) in [5, 5.41) is 13.1. The van der Waals surface area contributed by atoms with Crippen LogP contribution in [0.3, 0.4) is 0 Å². The number of halogens is 1. The maximum absolute atomic E-state index is 15.0. The third kappa shape index (κ3) is 4.78. The number of fused-ring (bicyclic) bond motifs is 1. The molecule has 0 radical (unpaired) electrons. The normalized spacial score (nSPS) is 17.7. The summed E-state index contributed by atoms with van der Waals surface area (Å²) in [5.74, 6) is 0.316. The summed E-state index contributed by atoms with van der Waals surface area (Å²) in [6.45, 7) is 4.38. The zero-order valence-electron chi connectivity index (χ0n) is 20.4. The van der Waals surface area contributed by atoms with E-state index in [1.165, 1.54) is 6.33 Å². The van der Waals surface area contributed by atoms with Gasteiger partial charge in [-0.1, -0.05) is 6.07 Å². The quantitative estimate of drug-likeness (QED) is 0.572. The van der Waals surface area contributed by atoms with Crippen LogP contribution < -0.4 is 15.0 Å². The van der Waals surface area contributed by atoms with Gasteiger partial charge in [0.25, 0.3) is 0 Å². The van der Waals surface area contributed by atoms with E-state index in [1.807, 2.05) is 29.2 Å². The minimum absolute atomic E-state index is 0.102. The van der Waals surface area contributed by atoms with E-state index < -0.39 is 0 Å². The lowest BCUT2D eigenvalue weighted by Gasteiger charge is -2.29. The first-order chi connectivity index (χ1) is 18.2. The number of nitrogens with zero attached hydrogens (tertiary/aromatic N) is 5. The lowest BCUT2D eigenvalue weighted by Crippen LogP contribution is -2.36. The topological polar surface area (TPSA) is 95.7 Å². The molecule has 3 aliphatic heterocycles. The van der Waals surface area contributed by atoms with Crippen LogP contribution >= 0.6 is 0 Å². The molecule has 2 saturated heterocycles. The summed E-state index contributed by atoms with van der Waals surface area (Å²) in [6, 6.07) is 13.1. The van der Waals surface area contributed by atoms with Gasteiger partial charge in [-0.3, -0.25) is 0 Å². The lowest BCUT2D eigenvalue weighted by molar-refractivity contribution is 0.122. The first-order valence-electron chi connectivity index (χ1n) is 12.7. The molecule has 0 unspecified atom stereocenters. The molecule has 4 heterocycles. The average Bonchev–Trinajstić information content (AvgIpc) is 3.39. The standard InChI is InChI=1S/C28H27FN6O2/c29-22-14-18(1-3-25(22)35-9-11-36-12-10-35)23-15-24-28(34-23)27(33-17-32-24)19-2-4-26(20(13-19)16-30)37-21-5-7-31-8-6-21/h1-4,13-14,17,21,31H,5-12,15H2. The van der Waals surface area contributed by atoms with Crippen molar-refractivity contribution in [3.63, 3.8) is 0 Å². The van der Waals surface area contributed by atoms with Crippen molar-refractivity contribution < 1.29 is 13.9 Å². The number of morpholine rings is 1. The van der Waals surface area contributed by atoms with Crippen LogP contribution in [0.5, 0.6) is 5.75 Å². The van der Waals surface area contributed by atoms with E-state index in [0.29, 0.717) is 61.1 Å². The SMILES string of the molecule is N#Cc1cc(-c2ncnc3c2N=C(c2ccc(N4CCOCC4)c(F)c2)C3)ccc1OC1CCNCC1. The second kappa shape index (κ2) is 10.2. The maximum atomic E-state index is 15.0. The summed E-state index contributed by atoms with van der Waals surface area (Å²) in [7, 11) is 0. The van der Waals surface area contributed by atoms with E-state index in [1.54, 1.807) is 12.1 Å². The molecular weight excluding hydrogens is 471 g/mol. The Hall–Kier alpha value is -3.87. The number of piperidine rings is 1. The second-order valence-electron chi connectivity index (χ2n) is 9.41. The molecule has 3 aliphatic rings. The molecular formula is C28H27FN6O2. The molecule has 0 saturated carbocycles. The van der Waals surface area contributed by atoms with Crippen LogP contribution in [0, 0.1) is 17.1 Å². The smallest absolute Gasteiger partial charge is 0.147 e. The molecule has 188 valence electrons. The zero-order valence-corrected chi connectivity index (χ0v) is 20.4. The molecule has 8 nitrogen and oxygen atoms in total. The van der Waals surface area contributed by atoms with Gasteiger partial charge in [0.15, 0.2) is 0 Å². The van der Waals surface area contributed by atoms with Crippen molar-refractivity contribution in [3.05, 3.63) is 65.4 Å². The summed E-state index contributed by atoms with van der Waals surface area (Å²) < 4.78 is 26.6. The Kier molecular flexibility index (Phi) is 6.51. The Morgan fingerprint density at radius 1 is 1.05 bits per heavy atom. The number of aliphatic imine (C=N–C) groups is 1. The fourth-order valence-corrected chi connectivity index (χ4v) is 5.08. The molecule has 2 fully saturated rings. The number of rotatable bonds is 5. The monoisotopic (exact) mass is 498 g/mol. The maximum Gasteiger partial charge on any atom is 0.147 e. The first-order valence-corrected chi connectivity index (χ1v) is 12.7. The van der Waals surface area contributed by atoms with Gasteiger partial charge in [0.1, 0.15) is 35.8 Å². The second-order valence-corrected chi connectivity index (χ2v) is 9.41. The van der Waals surface area contributed by atoms with Gasteiger partial charge in [-0.25, -0.2) is 19.4 Å². The van der Waals surface area contributed by atoms with E-state index in [-0.39, 0.29) is 11.9 Å². The van der Waals surface area contributed by atoms with Crippen LogP contribution in [0.1, 0.15) is 29.7 Å². The molecule has 0 atom stereocenters. The number of anilines is 1. The van der Waals surface area contributed by atoms with Gasteiger partial charge in [-0.2, -0.15) is 5.26 Å². The summed E-state index contributed by atoms with van der Waals surface area (Å²) >= 11 is 0. The van der Waals surface area contributed by atoms with Gasteiger partial charge in [0, 0.05) is 25.1 Å². The number of nitrogens with one attached hydrogen (secondary N) is 1. The van der Waals surface area contributed by atoms with Crippen LogP contribution in [0.2, 0.25) is 0 Å². The molecule has 0 amide bonds. The van der Waals surface area contributed by atoms with Crippen molar-refractivity contribution >= 4 is 17.1 Å². The van der Waals surface area contributed by atoms with Crippen LogP contribution in [0.4, 0.5) is 15.8 Å². The lowest BCUT2D eigenvalue weighted by atomic mass is 10.0. The van der Waals surface area contributed by atoms with Gasteiger partial charge in [-0.05, 0) is 61.8 Å². The Balaban J connectivity index is 1.28. The van der Waals surface area contributed by atoms with Gasteiger partial charge >= 0.3 is 0 Å². The number of ether oxygens (including phenoxy) is 2. The van der Waals surface area contributed by atoms with Crippen molar-refractivity contribution in [3.8, 4) is 23.1 Å². The highest BCUT2D eigenvalue weighted by Crippen LogP contribution is 2.38. The van der Waals surface area contributed by atoms with Crippen molar-refractivity contribution in [2.45, 2.75) is 25.4 Å². The predicted molar refractivity (Wildman–Crippen MR) is 138 cm³/mol. The highest BCUT2D eigenvalue weighted by atomic mass is 19.1. The average molecular weight is 499 g/mol. The van der Waals surface area contributed by atoms with E-state index >= 15 is 4.39 Å². The van der Waals surface area contributed by atoms with Crippen LogP contribution in [-0.4, -0.2) is 61.2 Å². The molecule has 1 aromatic heterocycles. The number of hydrogen-bond acceptors (Lipinski definition) is 8. The molecule has 9 heteroatoms. The van der Waals surface area contributed by atoms with Crippen LogP contribution in [0.25, 0.3) is 11.3 Å². The van der Waals surface area contributed by atoms with Gasteiger partial charge in [0.05, 0.1) is 41.6 Å². The zero-order chi connectivity index (χ0) is 25.2. The Morgan fingerprint density at radius 2 is 1.86 bits per heavy atom. The summed E-state index contributed by atoms with van der Waals surface area (Å²) in [4.78, 5) is 15.8. The Bertz CT molecular complexity index is 1390. The number of benzene rings is 2. The predicted octanol–water partition coefficient (Wildman–Crippen LogP) is 3.80. The molecule has 6 rings (SSSR count). The third-order valence-electron chi connectivity index (χ3n) is 7.07. The highest BCUT2D eigenvalue weighted by Gasteiger charge is 2.24. The van der Waals surface area contributed by atoms with Crippen LogP contribution in [0.15, 0.2) is 47.7 Å². The van der Waals surface area contributed by atoms with Crippen molar-refractivity contribution in [2.75, 3.05) is 44.3 Å².